The highest BCUT2D eigenvalue weighted by atomic mass is 35.5. The van der Waals surface area contributed by atoms with Gasteiger partial charge >= 0.3 is 6.09 Å². The zero-order valence-corrected chi connectivity index (χ0v) is 19.4. The normalized spacial score (nSPS) is 16.5. The van der Waals surface area contributed by atoms with Gasteiger partial charge in [-0.2, -0.15) is 4.73 Å². The molecule has 5 rings (SSSR count). The molecule has 3 aromatic rings. The number of pyridine rings is 1. The molecule has 1 amide bonds. The van der Waals surface area contributed by atoms with Gasteiger partial charge in [-0.25, -0.2) is 13.6 Å². The van der Waals surface area contributed by atoms with Crippen LogP contribution < -0.4 is 10.0 Å². The number of ether oxygens (including phenoxy) is 1. The van der Waals surface area contributed by atoms with Crippen LogP contribution in [-0.2, 0) is 11.2 Å². The number of nitrogens with one attached hydrogen (secondary N) is 1. The predicted molar refractivity (Wildman–Crippen MR) is 129 cm³/mol. The number of aliphatic imine (C=N–C) groups is 1. The molecule has 2 heterocycles. The number of carbonyl (C=O) groups excluding carboxylic acids is 1. The van der Waals surface area contributed by atoms with E-state index in [1.165, 1.54) is 13.3 Å². The second-order valence-corrected chi connectivity index (χ2v) is 8.83. The molecule has 1 atom stereocenters. The van der Waals surface area contributed by atoms with Crippen LogP contribution in [0.4, 0.5) is 19.3 Å². The molecule has 0 radical (unpaired) electrons. The summed E-state index contributed by atoms with van der Waals surface area (Å²) in [5, 5.41) is 15.4. The summed E-state index contributed by atoms with van der Waals surface area (Å²) in [6.45, 7) is 0. The number of fused-ring (bicyclic) bond motifs is 1. The molecule has 6 nitrogen and oxygen atoms in total. The quantitative estimate of drug-likeness (QED) is 0.273. The maximum absolute atomic E-state index is 14.5. The molecule has 1 unspecified atom stereocenters. The van der Waals surface area contributed by atoms with E-state index in [0.29, 0.717) is 35.4 Å². The summed E-state index contributed by atoms with van der Waals surface area (Å²) in [4.78, 5) is 16.0. The first-order chi connectivity index (χ1) is 16.9. The number of anilines is 1. The molecule has 2 aliphatic rings. The first-order valence-electron chi connectivity index (χ1n) is 11.0. The monoisotopic (exact) mass is 495 g/mol. The van der Waals surface area contributed by atoms with E-state index in [1.807, 2.05) is 12.1 Å². The smallest absolute Gasteiger partial charge is 0.411 e. The molecule has 0 bridgehead atoms. The second kappa shape index (κ2) is 9.11. The largest absolute Gasteiger partial charge is 0.618 e. The number of benzene rings is 2. The first-order valence-corrected chi connectivity index (χ1v) is 11.3. The lowest BCUT2D eigenvalue weighted by molar-refractivity contribution is -0.613. The lowest BCUT2D eigenvalue weighted by Crippen LogP contribution is -2.34. The minimum Gasteiger partial charge on any atom is -0.618 e. The van der Waals surface area contributed by atoms with Crippen molar-refractivity contribution in [2.75, 3.05) is 12.4 Å². The molecule has 2 aromatic carbocycles. The third-order valence-corrected chi connectivity index (χ3v) is 6.66. The lowest BCUT2D eigenvalue weighted by Gasteiger charge is -2.14. The Bertz CT molecular complexity index is 1400. The van der Waals surface area contributed by atoms with Gasteiger partial charge in [0.25, 0.3) is 0 Å². The molecule has 1 N–H and O–H groups in total. The average molecular weight is 496 g/mol. The fourth-order valence-electron chi connectivity index (χ4n) is 4.68. The van der Waals surface area contributed by atoms with Gasteiger partial charge in [0.2, 0.25) is 5.69 Å². The Hall–Kier alpha value is -3.78. The molecular formula is C26H20ClF2N3O3. The van der Waals surface area contributed by atoms with Crippen molar-refractivity contribution in [3.05, 3.63) is 93.5 Å². The zero-order valence-electron chi connectivity index (χ0n) is 18.6. The van der Waals surface area contributed by atoms with Crippen LogP contribution in [0, 0.1) is 16.8 Å². The SMILES string of the molecule is COC(=O)Nc1ccc(C2=CN=C(C3CCc4cc(-c5c(F)ccc(Cl)c5F)c[n+]([O-])c43)C2)cc1. The van der Waals surface area contributed by atoms with E-state index >= 15 is 0 Å². The summed E-state index contributed by atoms with van der Waals surface area (Å²) in [6.07, 6.45) is 4.30. The summed E-state index contributed by atoms with van der Waals surface area (Å²) in [5.74, 6) is -1.84. The van der Waals surface area contributed by atoms with E-state index in [2.05, 4.69) is 15.0 Å². The molecule has 9 heteroatoms. The van der Waals surface area contributed by atoms with Crippen molar-refractivity contribution < 1.29 is 23.0 Å². The van der Waals surface area contributed by atoms with Crippen LogP contribution in [0.15, 0.2) is 59.9 Å². The minimum atomic E-state index is -0.886. The average Bonchev–Trinajstić information content (AvgIpc) is 3.50. The Morgan fingerprint density at radius 1 is 1.20 bits per heavy atom. The van der Waals surface area contributed by atoms with Crippen molar-refractivity contribution in [2.24, 2.45) is 4.99 Å². The Morgan fingerprint density at radius 2 is 1.97 bits per heavy atom. The molecule has 1 aliphatic heterocycles. The fourth-order valence-corrected chi connectivity index (χ4v) is 4.83. The maximum Gasteiger partial charge on any atom is 0.411 e. The number of aromatic nitrogens is 1. The topological polar surface area (TPSA) is 77.6 Å². The van der Waals surface area contributed by atoms with Crippen LogP contribution >= 0.6 is 11.6 Å². The molecule has 178 valence electrons. The molecule has 35 heavy (non-hydrogen) atoms. The highest BCUT2D eigenvalue weighted by molar-refractivity contribution is 6.31. The van der Waals surface area contributed by atoms with Gasteiger partial charge < -0.3 is 9.94 Å². The van der Waals surface area contributed by atoms with E-state index < -0.39 is 17.7 Å². The molecular weight excluding hydrogens is 476 g/mol. The van der Waals surface area contributed by atoms with Crippen LogP contribution in [0.1, 0.15) is 35.6 Å². The number of carbonyl (C=O) groups is 1. The Morgan fingerprint density at radius 3 is 2.71 bits per heavy atom. The van der Waals surface area contributed by atoms with Crippen LogP contribution in [0.3, 0.4) is 0 Å². The van der Waals surface area contributed by atoms with Crippen molar-refractivity contribution in [3.8, 4) is 11.1 Å². The fraction of sp³-hybridized carbons (Fsp3) is 0.192. The predicted octanol–water partition coefficient (Wildman–Crippen LogP) is 6.01. The van der Waals surface area contributed by atoms with Crippen molar-refractivity contribution in [1.82, 2.24) is 0 Å². The van der Waals surface area contributed by atoms with Crippen LogP contribution in [-0.4, -0.2) is 18.9 Å². The van der Waals surface area contributed by atoms with E-state index in [9.17, 15) is 18.8 Å². The molecule has 1 aromatic heterocycles. The van der Waals surface area contributed by atoms with Gasteiger partial charge in [0.15, 0.2) is 12.0 Å². The van der Waals surface area contributed by atoms with E-state index in [-0.39, 0.29) is 22.1 Å². The minimum absolute atomic E-state index is 0.157. The number of aryl methyl sites for hydroxylation is 1. The van der Waals surface area contributed by atoms with E-state index in [4.69, 9.17) is 11.6 Å². The molecule has 1 aliphatic carbocycles. The lowest BCUT2D eigenvalue weighted by atomic mass is 9.93. The number of hydrogen-bond acceptors (Lipinski definition) is 4. The van der Waals surface area contributed by atoms with Crippen molar-refractivity contribution >= 4 is 34.7 Å². The third-order valence-electron chi connectivity index (χ3n) is 6.37. The number of halogens is 3. The maximum atomic E-state index is 14.5. The van der Waals surface area contributed by atoms with Crippen LogP contribution in [0.2, 0.25) is 5.02 Å². The summed E-state index contributed by atoms with van der Waals surface area (Å²) in [6, 6.07) is 11.2. The highest BCUT2D eigenvalue weighted by Crippen LogP contribution is 2.39. The number of hydrogen-bond donors (Lipinski definition) is 1. The van der Waals surface area contributed by atoms with Crippen molar-refractivity contribution in [2.45, 2.75) is 25.2 Å². The summed E-state index contributed by atoms with van der Waals surface area (Å²) in [5.41, 5.74) is 4.59. The Balaban J connectivity index is 1.36. The molecule has 0 fully saturated rings. The Kier molecular flexibility index (Phi) is 5.98. The van der Waals surface area contributed by atoms with E-state index in [0.717, 1.165) is 34.5 Å². The van der Waals surface area contributed by atoms with Crippen molar-refractivity contribution in [3.63, 3.8) is 0 Å². The van der Waals surface area contributed by atoms with Gasteiger partial charge in [0, 0.05) is 29.6 Å². The standard InChI is InChI=1S/C26H20ClF2N3O3/c1-35-26(33)31-18-5-2-14(3-6-18)16-11-22(30-12-16)19-7-4-15-10-17(13-32(34)25(15)19)23-21(28)9-8-20(27)24(23)29/h2-3,5-6,8-10,12-13,19H,4,7,11H2,1H3,(H,31,33). The van der Waals surface area contributed by atoms with Gasteiger partial charge in [-0.1, -0.05) is 23.7 Å². The van der Waals surface area contributed by atoms with Gasteiger partial charge in [0.05, 0.1) is 29.2 Å². The van der Waals surface area contributed by atoms with Gasteiger partial charge in [-0.15, -0.1) is 0 Å². The van der Waals surface area contributed by atoms with Gasteiger partial charge in [0.1, 0.15) is 5.82 Å². The zero-order chi connectivity index (χ0) is 24.7. The van der Waals surface area contributed by atoms with Crippen molar-refractivity contribution in [1.29, 1.82) is 0 Å². The van der Waals surface area contributed by atoms with Gasteiger partial charge in [-0.05, 0) is 54.3 Å². The van der Waals surface area contributed by atoms with Crippen LogP contribution in [0.25, 0.3) is 16.7 Å². The highest BCUT2D eigenvalue weighted by Gasteiger charge is 2.36. The third kappa shape index (κ3) is 4.25. The van der Waals surface area contributed by atoms with Gasteiger partial charge in [-0.3, -0.25) is 10.3 Å². The van der Waals surface area contributed by atoms with E-state index in [1.54, 1.807) is 24.4 Å². The first kappa shape index (κ1) is 23.0. The Labute approximate surface area is 205 Å². The number of methoxy groups -OCH3 is 1. The molecule has 0 spiro atoms. The number of allylic oxidation sites excluding steroid dienone is 1. The number of nitrogens with zero attached hydrogens (tertiary/aromatic N) is 2. The number of rotatable bonds is 4. The molecule has 0 saturated heterocycles. The molecule has 0 saturated carbocycles. The summed E-state index contributed by atoms with van der Waals surface area (Å²) >= 11 is 5.83. The summed E-state index contributed by atoms with van der Waals surface area (Å²) < 4.78 is 34.2. The summed E-state index contributed by atoms with van der Waals surface area (Å²) in [7, 11) is 1.30. The second-order valence-electron chi connectivity index (χ2n) is 8.42. The van der Waals surface area contributed by atoms with Crippen LogP contribution in [0.5, 0.6) is 0 Å². The number of amides is 1.